The predicted molar refractivity (Wildman–Crippen MR) is 99.3 cm³/mol. The number of ether oxygens (including phenoxy) is 1. The minimum absolute atomic E-state index is 0.235. The number of piperidine rings is 1. The fourth-order valence-electron chi connectivity index (χ4n) is 3.46. The van der Waals surface area contributed by atoms with E-state index in [2.05, 4.69) is 39.1 Å². The lowest BCUT2D eigenvalue weighted by molar-refractivity contribution is 0.145. The van der Waals surface area contributed by atoms with Crippen LogP contribution in [0.1, 0.15) is 24.8 Å². The van der Waals surface area contributed by atoms with E-state index >= 15 is 0 Å². The van der Waals surface area contributed by atoms with Gasteiger partial charge in [-0.05, 0) is 43.6 Å². The Kier molecular flexibility index (Phi) is 4.58. The molecule has 2 N–H and O–H groups in total. The van der Waals surface area contributed by atoms with Crippen molar-refractivity contribution in [2.24, 2.45) is 0 Å². The number of nitrogens with zero attached hydrogens (tertiary/aromatic N) is 2. The summed E-state index contributed by atoms with van der Waals surface area (Å²) >= 11 is 0. The highest BCUT2D eigenvalue weighted by molar-refractivity contribution is 5.86. The molecule has 4 rings (SSSR count). The fourth-order valence-corrected chi connectivity index (χ4v) is 3.46. The summed E-state index contributed by atoms with van der Waals surface area (Å²) in [5, 5.41) is 8.85. The summed E-state index contributed by atoms with van der Waals surface area (Å²) in [4.78, 5) is 21.1. The van der Waals surface area contributed by atoms with E-state index in [0.717, 1.165) is 17.6 Å². The molecule has 0 atom stereocenters. The maximum atomic E-state index is 10.8. The molecule has 0 saturated carbocycles. The zero-order valence-electron chi connectivity index (χ0n) is 14.4. The molecule has 1 aliphatic heterocycles. The molecule has 3 aromatic rings. The number of benzene rings is 2. The highest BCUT2D eigenvalue weighted by Gasteiger charge is 2.13. The summed E-state index contributed by atoms with van der Waals surface area (Å²) in [6.45, 7) is 3.34. The van der Waals surface area contributed by atoms with Gasteiger partial charge in [-0.1, -0.05) is 36.8 Å². The number of nitrogens with one attached hydrogen (secondary N) is 1. The first-order valence-corrected chi connectivity index (χ1v) is 8.90. The summed E-state index contributed by atoms with van der Waals surface area (Å²) in [6, 6.07) is 13.6. The number of carboxylic acid groups (broad SMARTS) is 1. The molecule has 0 aliphatic carbocycles. The monoisotopic (exact) mass is 351 g/mol. The molecular formula is C20H21N3O3. The van der Waals surface area contributed by atoms with Crippen LogP contribution in [0.4, 0.5) is 4.79 Å². The quantitative estimate of drug-likeness (QED) is 0.542. The molecule has 0 unspecified atom stereocenters. The molecule has 0 spiro atoms. The molecule has 1 aromatic heterocycles. The van der Waals surface area contributed by atoms with Crippen molar-refractivity contribution in [3.8, 4) is 17.1 Å². The van der Waals surface area contributed by atoms with Gasteiger partial charge in [0.2, 0.25) is 0 Å². The van der Waals surface area contributed by atoms with Crippen LogP contribution in [-0.4, -0.2) is 39.2 Å². The maximum absolute atomic E-state index is 10.8. The van der Waals surface area contributed by atoms with E-state index in [9.17, 15) is 4.79 Å². The third-order valence-corrected chi connectivity index (χ3v) is 4.76. The normalized spacial score (nSPS) is 15.2. The second-order valence-electron chi connectivity index (χ2n) is 6.64. The molecule has 1 saturated heterocycles. The Balaban J connectivity index is 1.56. The first kappa shape index (κ1) is 16.6. The lowest BCUT2D eigenvalue weighted by Gasteiger charge is -2.26. The van der Waals surface area contributed by atoms with Gasteiger partial charge < -0.3 is 14.8 Å². The molecule has 0 bridgehead atoms. The zero-order valence-corrected chi connectivity index (χ0v) is 14.4. The van der Waals surface area contributed by atoms with Gasteiger partial charge in [-0.3, -0.25) is 4.90 Å². The molecule has 26 heavy (non-hydrogen) atoms. The van der Waals surface area contributed by atoms with E-state index in [0.29, 0.717) is 11.3 Å². The molecule has 6 nitrogen and oxygen atoms in total. The van der Waals surface area contributed by atoms with Crippen LogP contribution < -0.4 is 4.74 Å². The van der Waals surface area contributed by atoms with Gasteiger partial charge in [-0.15, -0.1) is 0 Å². The van der Waals surface area contributed by atoms with Crippen molar-refractivity contribution in [1.82, 2.24) is 14.9 Å². The smallest absolute Gasteiger partial charge is 0.449 e. The highest BCUT2D eigenvalue weighted by Crippen LogP contribution is 2.27. The first-order valence-electron chi connectivity index (χ1n) is 8.90. The number of para-hydroxylation sites is 1. The number of likely N-dealkylation sites (tertiary alicyclic amines) is 1. The van der Waals surface area contributed by atoms with Gasteiger partial charge in [0, 0.05) is 12.1 Å². The van der Waals surface area contributed by atoms with Gasteiger partial charge in [-0.2, -0.15) is 0 Å². The summed E-state index contributed by atoms with van der Waals surface area (Å²) in [6.07, 6.45) is 2.58. The molecule has 2 heterocycles. The maximum Gasteiger partial charge on any atom is 0.511 e. The van der Waals surface area contributed by atoms with Gasteiger partial charge >= 0.3 is 6.16 Å². The number of H-pyrrole nitrogens is 1. The molecule has 0 amide bonds. The van der Waals surface area contributed by atoms with Crippen LogP contribution in [0, 0.1) is 0 Å². The van der Waals surface area contributed by atoms with Crippen LogP contribution in [0.5, 0.6) is 5.75 Å². The lowest BCUT2D eigenvalue weighted by atomic mass is 10.1. The summed E-state index contributed by atoms with van der Waals surface area (Å²) in [5.74, 6) is 0.935. The number of aromatic nitrogens is 2. The molecule has 1 aliphatic rings. The second kappa shape index (κ2) is 7.17. The largest absolute Gasteiger partial charge is 0.511 e. The van der Waals surface area contributed by atoms with E-state index < -0.39 is 6.16 Å². The van der Waals surface area contributed by atoms with Crippen molar-refractivity contribution in [1.29, 1.82) is 0 Å². The van der Waals surface area contributed by atoms with Crippen molar-refractivity contribution in [3.63, 3.8) is 0 Å². The number of fused-ring (bicyclic) bond motifs is 1. The molecule has 1 fully saturated rings. The number of imidazole rings is 1. The minimum atomic E-state index is -1.34. The number of hydrogen-bond acceptors (Lipinski definition) is 4. The average Bonchev–Trinajstić information content (AvgIpc) is 3.08. The van der Waals surface area contributed by atoms with E-state index in [1.165, 1.54) is 37.9 Å². The molecular weight excluding hydrogens is 330 g/mol. The Morgan fingerprint density at radius 3 is 2.62 bits per heavy atom. The van der Waals surface area contributed by atoms with Gasteiger partial charge in [0.1, 0.15) is 11.3 Å². The Morgan fingerprint density at radius 1 is 1.12 bits per heavy atom. The predicted octanol–water partition coefficient (Wildman–Crippen LogP) is 4.27. The SMILES string of the molecule is O=C(O)Oc1cccc2[nH]c(-c3ccc(CN4CCCCC4)cc3)nc12. The van der Waals surface area contributed by atoms with E-state index in [1.807, 2.05) is 6.07 Å². The van der Waals surface area contributed by atoms with Crippen molar-refractivity contribution < 1.29 is 14.6 Å². The molecule has 2 aromatic carbocycles. The van der Waals surface area contributed by atoms with Crippen LogP contribution in [-0.2, 0) is 6.54 Å². The van der Waals surface area contributed by atoms with E-state index in [4.69, 9.17) is 9.84 Å². The fraction of sp³-hybridized carbons (Fsp3) is 0.300. The molecule has 6 heteroatoms. The molecule has 0 radical (unpaired) electrons. The Morgan fingerprint density at radius 2 is 1.88 bits per heavy atom. The van der Waals surface area contributed by atoms with Gasteiger partial charge in [-0.25, -0.2) is 9.78 Å². The van der Waals surface area contributed by atoms with Gasteiger partial charge in [0.25, 0.3) is 0 Å². The van der Waals surface area contributed by atoms with Crippen LogP contribution in [0.3, 0.4) is 0 Å². The third-order valence-electron chi connectivity index (χ3n) is 4.76. The van der Waals surface area contributed by atoms with Crippen molar-refractivity contribution in [2.45, 2.75) is 25.8 Å². The number of aromatic amines is 1. The number of rotatable bonds is 4. The first-order chi connectivity index (χ1) is 12.7. The van der Waals surface area contributed by atoms with Crippen molar-refractivity contribution in [3.05, 3.63) is 48.0 Å². The summed E-state index contributed by atoms with van der Waals surface area (Å²) < 4.78 is 4.81. The third kappa shape index (κ3) is 3.55. The van der Waals surface area contributed by atoms with E-state index in [-0.39, 0.29) is 5.75 Å². The summed E-state index contributed by atoms with van der Waals surface area (Å²) in [5.41, 5.74) is 3.52. The topological polar surface area (TPSA) is 78.5 Å². The highest BCUT2D eigenvalue weighted by atomic mass is 16.7. The van der Waals surface area contributed by atoms with Crippen LogP contribution in [0.2, 0.25) is 0 Å². The van der Waals surface area contributed by atoms with Crippen molar-refractivity contribution in [2.75, 3.05) is 13.1 Å². The van der Waals surface area contributed by atoms with Crippen LogP contribution >= 0.6 is 0 Å². The van der Waals surface area contributed by atoms with Gasteiger partial charge in [0.15, 0.2) is 5.75 Å². The zero-order chi connectivity index (χ0) is 17.9. The number of carbonyl (C=O) groups is 1. The standard InChI is InChI=1S/C20H21N3O3/c24-20(25)26-17-6-4-5-16-18(17)22-19(21-16)15-9-7-14(8-10-15)13-23-11-2-1-3-12-23/h4-10H,1-3,11-13H2,(H,21,22)(H,24,25). The van der Waals surface area contributed by atoms with E-state index in [1.54, 1.807) is 12.1 Å². The lowest BCUT2D eigenvalue weighted by Crippen LogP contribution is -2.28. The van der Waals surface area contributed by atoms with Crippen LogP contribution in [0.25, 0.3) is 22.4 Å². The Labute approximate surface area is 151 Å². The van der Waals surface area contributed by atoms with Gasteiger partial charge in [0.05, 0.1) is 5.52 Å². The Bertz CT molecular complexity index is 912. The van der Waals surface area contributed by atoms with Crippen molar-refractivity contribution >= 4 is 17.2 Å². The van der Waals surface area contributed by atoms with Crippen LogP contribution in [0.15, 0.2) is 42.5 Å². The molecule has 134 valence electrons. The average molecular weight is 351 g/mol. The summed E-state index contributed by atoms with van der Waals surface area (Å²) in [7, 11) is 0. The number of hydrogen-bond donors (Lipinski definition) is 2. The minimum Gasteiger partial charge on any atom is -0.449 e. The Hall–Kier alpha value is -2.86. The second-order valence-corrected chi connectivity index (χ2v) is 6.64.